The van der Waals surface area contributed by atoms with Crippen molar-refractivity contribution in [2.24, 2.45) is 0 Å². The van der Waals surface area contributed by atoms with Gasteiger partial charge < -0.3 is 14.9 Å². The van der Waals surface area contributed by atoms with Gasteiger partial charge in [0, 0.05) is 6.42 Å². The third-order valence-corrected chi connectivity index (χ3v) is 4.26. The van der Waals surface area contributed by atoms with Crippen LogP contribution in [0.1, 0.15) is 71.1 Å². The van der Waals surface area contributed by atoms with Crippen LogP contribution in [0, 0.1) is 0 Å². The summed E-state index contributed by atoms with van der Waals surface area (Å²) in [5.41, 5.74) is 0. The van der Waals surface area contributed by atoms with E-state index in [1.54, 1.807) is 0 Å². The Morgan fingerprint density at radius 2 is 1.41 bits per heavy atom. The summed E-state index contributed by atoms with van der Waals surface area (Å²) in [6.45, 7) is 4.25. The molecular weight excluding hydrogens is 276 g/mol. The first-order valence-corrected chi connectivity index (χ1v) is 9.14. The Balaban J connectivity index is 3.41. The average Bonchev–Trinajstić information content (AvgIpc) is 2.42. The first-order chi connectivity index (χ1) is 10.4. The minimum absolute atomic E-state index is 0.301. The second-order valence-corrected chi connectivity index (χ2v) is 7.34. The van der Waals surface area contributed by atoms with Crippen molar-refractivity contribution in [3.63, 3.8) is 0 Å². The molecule has 0 spiro atoms. The van der Waals surface area contributed by atoms with E-state index in [2.05, 4.69) is 12.2 Å². The van der Waals surface area contributed by atoms with E-state index in [4.69, 9.17) is 0 Å². The van der Waals surface area contributed by atoms with Crippen LogP contribution < -0.4 is 5.32 Å². The lowest BCUT2D eigenvalue weighted by Gasteiger charge is -2.31. The summed E-state index contributed by atoms with van der Waals surface area (Å²) in [5, 5.41) is 12.7. The van der Waals surface area contributed by atoms with Gasteiger partial charge in [-0.25, -0.2) is 4.79 Å². The third-order valence-electron chi connectivity index (χ3n) is 4.26. The normalized spacial score (nSPS) is 13.3. The number of hydrogen-bond donors (Lipinski definition) is 2. The van der Waals surface area contributed by atoms with Crippen molar-refractivity contribution in [2.45, 2.75) is 77.2 Å². The van der Waals surface area contributed by atoms with Crippen LogP contribution in [0.3, 0.4) is 0 Å². The maximum absolute atomic E-state index is 11.2. The Labute approximate surface area is 137 Å². The van der Waals surface area contributed by atoms with Gasteiger partial charge in [-0.15, -0.1) is 0 Å². The molecule has 0 aromatic heterocycles. The lowest BCUT2D eigenvalue weighted by Crippen LogP contribution is -2.50. The van der Waals surface area contributed by atoms with Crippen molar-refractivity contribution in [3.05, 3.63) is 0 Å². The zero-order valence-electron chi connectivity index (χ0n) is 15.4. The number of quaternary nitrogens is 1. The summed E-state index contributed by atoms with van der Waals surface area (Å²) in [5.74, 6) is -0.685. The van der Waals surface area contributed by atoms with Crippen molar-refractivity contribution in [1.29, 1.82) is 0 Å². The first-order valence-electron chi connectivity index (χ1n) is 9.14. The van der Waals surface area contributed by atoms with E-state index < -0.39 is 5.97 Å². The van der Waals surface area contributed by atoms with Crippen LogP contribution in [0.25, 0.3) is 0 Å². The highest BCUT2D eigenvalue weighted by atomic mass is 16.4. The number of likely N-dealkylation sites (N-methyl/N-ethyl adjacent to an activating group) is 1. The molecule has 4 nitrogen and oxygen atoms in total. The standard InChI is InChI=1S/C18H38N2O2/c1-5-6-7-8-9-10-11-12-15-19-16-13-14-17(18(21)22)20(2,3)4/h17,19H,5-16H2,1-4H3/p+1. The zero-order valence-corrected chi connectivity index (χ0v) is 15.4. The third kappa shape index (κ3) is 12.0. The van der Waals surface area contributed by atoms with E-state index in [0.717, 1.165) is 25.9 Å². The molecule has 4 heteroatoms. The number of unbranched alkanes of at least 4 members (excludes halogenated alkanes) is 7. The van der Waals surface area contributed by atoms with Crippen LogP contribution in [0.4, 0.5) is 0 Å². The Kier molecular flexibility index (Phi) is 12.5. The fraction of sp³-hybridized carbons (Fsp3) is 0.944. The number of carboxylic acids is 1. The van der Waals surface area contributed by atoms with Crippen molar-refractivity contribution >= 4 is 5.97 Å². The molecule has 0 saturated heterocycles. The number of carbonyl (C=O) groups is 1. The molecule has 0 saturated carbocycles. The SMILES string of the molecule is CCCCCCCCCCNCCCC(C(=O)O)[N+](C)(C)C. The fourth-order valence-corrected chi connectivity index (χ4v) is 2.77. The van der Waals surface area contributed by atoms with Gasteiger partial charge in [0.15, 0.2) is 6.04 Å². The van der Waals surface area contributed by atoms with E-state index in [0.29, 0.717) is 4.48 Å². The topological polar surface area (TPSA) is 49.3 Å². The highest BCUT2D eigenvalue weighted by Gasteiger charge is 2.30. The van der Waals surface area contributed by atoms with E-state index >= 15 is 0 Å². The van der Waals surface area contributed by atoms with Crippen molar-refractivity contribution < 1.29 is 14.4 Å². The van der Waals surface area contributed by atoms with Crippen LogP contribution in [-0.4, -0.2) is 55.8 Å². The molecule has 0 rings (SSSR count). The van der Waals surface area contributed by atoms with Crippen LogP contribution >= 0.6 is 0 Å². The van der Waals surface area contributed by atoms with Crippen molar-refractivity contribution in [2.75, 3.05) is 34.2 Å². The number of hydrogen-bond acceptors (Lipinski definition) is 2. The minimum atomic E-state index is -0.685. The highest BCUT2D eigenvalue weighted by molar-refractivity contribution is 5.72. The molecule has 0 amide bonds. The molecule has 0 aliphatic carbocycles. The molecule has 0 aliphatic rings. The van der Waals surface area contributed by atoms with Gasteiger partial charge in [-0.05, 0) is 25.9 Å². The van der Waals surface area contributed by atoms with Gasteiger partial charge in [0.1, 0.15) is 0 Å². The number of rotatable bonds is 15. The molecule has 1 unspecified atom stereocenters. The second kappa shape index (κ2) is 12.9. The van der Waals surface area contributed by atoms with E-state index in [1.165, 1.54) is 51.4 Å². The van der Waals surface area contributed by atoms with Gasteiger partial charge in [-0.1, -0.05) is 51.9 Å². The predicted octanol–water partition coefficient (Wildman–Crippen LogP) is 3.66. The van der Waals surface area contributed by atoms with Gasteiger partial charge in [0.05, 0.1) is 21.1 Å². The molecule has 0 aromatic rings. The zero-order chi connectivity index (χ0) is 16.8. The van der Waals surface area contributed by atoms with Gasteiger partial charge in [-0.3, -0.25) is 0 Å². The summed E-state index contributed by atoms with van der Waals surface area (Å²) in [6, 6.07) is -0.301. The van der Waals surface area contributed by atoms with Crippen LogP contribution in [0.15, 0.2) is 0 Å². The average molecular weight is 316 g/mol. The molecule has 0 aromatic carbocycles. The molecule has 0 fully saturated rings. The van der Waals surface area contributed by atoms with Gasteiger partial charge in [-0.2, -0.15) is 0 Å². The Morgan fingerprint density at radius 3 is 1.91 bits per heavy atom. The van der Waals surface area contributed by atoms with E-state index in [9.17, 15) is 9.90 Å². The molecule has 22 heavy (non-hydrogen) atoms. The van der Waals surface area contributed by atoms with Gasteiger partial charge in [0.2, 0.25) is 0 Å². The van der Waals surface area contributed by atoms with Crippen molar-refractivity contribution in [3.8, 4) is 0 Å². The van der Waals surface area contributed by atoms with E-state index in [-0.39, 0.29) is 6.04 Å². The quantitative estimate of drug-likeness (QED) is 0.358. The lowest BCUT2D eigenvalue weighted by molar-refractivity contribution is -0.887. The Hall–Kier alpha value is -0.610. The maximum atomic E-state index is 11.2. The van der Waals surface area contributed by atoms with Gasteiger partial charge >= 0.3 is 5.97 Å². The summed E-state index contributed by atoms with van der Waals surface area (Å²) >= 11 is 0. The number of nitrogens with one attached hydrogen (secondary N) is 1. The Morgan fingerprint density at radius 1 is 0.909 bits per heavy atom. The van der Waals surface area contributed by atoms with E-state index in [1.807, 2.05) is 21.1 Å². The summed E-state index contributed by atoms with van der Waals surface area (Å²) < 4.78 is 0.493. The highest BCUT2D eigenvalue weighted by Crippen LogP contribution is 2.10. The summed E-state index contributed by atoms with van der Waals surface area (Å²) in [7, 11) is 5.85. The molecule has 0 heterocycles. The number of aliphatic carboxylic acids is 1. The molecule has 0 radical (unpaired) electrons. The smallest absolute Gasteiger partial charge is 0.362 e. The second-order valence-electron chi connectivity index (χ2n) is 7.34. The molecule has 0 bridgehead atoms. The molecule has 132 valence electrons. The largest absolute Gasteiger partial charge is 0.477 e. The summed E-state index contributed by atoms with van der Waals surface area (Å²) in [6.07, 6.45) is 12.5. The van der Waals surface area contributed by atoms with Crippen LogP contribution in [0.5, 0.6) is 0 Å². The molecular formula is C18H39N2O2+. The van der Waals surface area contributed by atoms with Crippen LogP contribution in [0.2, 0.25) is 0 Å². The monoisotopic (exact) mass is 315 g/mol. The molecule has 0 aliphatic heterocycles. The molecule has 2 N–H and O–H groups in total. The minimum Gasteiger partial charge on any atom is -0.477 e. The maximum Gasteiger partial charge on any atom is 0.362 e. The fourth-order valence-electron chi connectivity index (χ4n) is 2.77. The number of carboxylic acid groups (broad SMARTS) is 1. The van der Waals surface area contributed by atoms with Crippen LogP contribution in [-0.2, 0) is 4.79 Å². The van der Waals surface area contributed by atoms with Gasteiger partial charge in [0.25, 0.3) is 0 Å². The predicted molar refractivity (Wildman–Crippen MR) is 94.2 cm³/mol. The number of nitrogens with zero attached hydrogens (tertiary/aromatic N) is 1. The molecule has 1 atom stereocenters. The van der Waals surface area contributed by atoms with Crippen molar-refractivity contribution in [1.82, 2.24) is 5.32 Å². The first kappa shape index (κ1) is 21.4. The Bertz CT molecular complexity index is 275. The summed E-state index contributed by atoms with van der Waals surface area (Å²) in [4.78, 5) is 11.2. The lowest BCUT2D eigenvalue weighted by atomic mass is 10.1.